The molecule has 2 aliphatic rings. The molecule has 0 aliphatic heterocycles. The van der Waals surface area contributed by atoms with E-state index in [0.717, 1.165) is 82.2 Å². The van der Waals surface area contributed by atoms with Crippen LogP contribution in [0.5, 0.6) is 5.75 Å². The molecule has 0 amide bonds. The Morgan fingerprint density at radius 2 is 1.27 bits per heavy atom. The maximum Gasteiger partial charge on any atom is 0.432 e. The zero-order valence-corrected chi connectivity index (χ0v) is 25.0. The lowest BCUT2D eigenvalue weighted by Gasteiger charge is -2.38. The SMILES string of the molecule is CCCCOC1CCC(C2CCC(c3cc(F)c(C(F)(F)Oc4ccc(-c5cc(F)c(F)c(F)c5)c(F)c4)c(F)c3)CC2)CC1. The Hall–Kier alpha value is -3.14. The second-order valence-corrected chi connectivity index (χ2v) is 12.2. The van der Waals surface area contributed by atoms with Gasteiger partial charge in [0.1, 0.15) is 28.8 Å². The van der Waals surface area contributed by atoms with Crippen LogP contribution in [0.25, 0.3) is 11.1 Å². The van der Waals surface area contributed by atoms with Crippen LogP contribution in [0.3, 0.4) is 0 Å². The van der Waals surface area contributed by atoms with Crippen LogP contribution in [0, 0.1) is 46.7 Å². The van der Waals surface area contributed by atoms with Crippen molar-refractivity contribution >= 4 is 0 Å². The van der Waals surface area contributed by atoms with Crippen LogP contribution < -0.4 is 4.74 Å². The van der Waals surface area contributed by atoms with Gasteiger partial charge in [-0.3, -0.25) is 0 Å². The highest BCUT2D eigenvalue weighted by Gasteiger charge is 2.42. The molecule has 0 aromatic heterocycles. The zero-order chi connectivity index (χ0) is 32.3. The maximum atomic E-state index is 15.1. The second-order valence-electron chi connectivity index (χ2n) is 12.2. The standard InChI is InChI=1S/C35H36F8O2/c1-2-3-14-44-25-10-8-21(9-11-25)20-4-6-22(7-5-20)23-15-29(37)33(30(38)16-23)35(42,43)45-26-12-13-27(28(36)19-26)24-17-31(39)34(41)32(40)18-24/h12-13,15-22,25H,2-11,14H2,1H3. The minimum Gasteiger partial charge on any atom is -0.429 e. The summed E-state index contributed by atoms with van der Waals surface area (Å²) in [5.41, 5.74) is -2.11. The first-order valence-electron chi connectivity index (χ1n) is 15.6. The third-order valence-corrected chi connectivity index (χ3v) is 9.32. The number of rotatable bonds is 10. The predicted molar refractivity (Wildman–Crippen MR) is 154 cm³/mol. The first-order valence-corrected chi connectivity index (χ1v) is 15.6. The summed E-state index contributed by atoms with van der Waals surface area (Å²) in [5, 5.41) is 0. The highest BCUT2D eigenvalue weighted by atomic mass is 19.3. The van der Waals surface area contributed by atoms with Gasteiger partial charge in [-0.1, -0.05) is 13.3 Å². The largest absolute Gasteiger partial charge is 0.432 e. The van der Waals surface area contributed by atoms with Crippen molar-refractivity contribution in [3.63, 3.8) is 0 Å². The van der Waals surface area contributed by atoms with Crippen LogP contribution in [-0.4, -0.2) is 12.7 Å². The molecule has 45 heavy (non-hydrogen) atoms. The van der Waals surface area contributed by atoms with Gasteiger partial charge in [-0.15, -0.1) is 0 Å². The Labute approximate surface area is 257 Å². The van der Waals surface area contributed by atoms with Crippen molar-refractivity contribution in [2.24, 2.45) is 11.8 Å². The molecule has 0 N–H and O–H groups in total. The molecular formula is C35H36F8O2. The van der Waals surface area contributed by atoms with E-state index in [1.54, 1.807) is 0 Å². The summed E-state index contributed by atoms with van der Waals surface area (Å²) in [6.45, 7) is 2.94. The second kappa shape index (κ2) is 14.1. The minimum atomic E-state index is -4.51. The van der Waals surface area contributed by atoms with Gasteiger partial charge in [-0.05, 0) is 123 Å². The molecule has 0 spiro atoms. The summed E-state index contributed by atoms with van der Waals surface area (Å²) in [6, 6.07) is 5.13. The number of ether oxygens (including phenoxy) is 2. The van der Waals surface area contributed by atoms with Crippen LogP contribution in [0.1, 0.15) is 88.2 Å². The molecular weight excluding hydrogens is 604 g/mol. The Morgan fingerprint density at radius 3 is 1.82 bits per heavy atom. The molecule has 0 saturated heterocycles. The van der Waals surface area contributed by atoms with E-state index in [0.29, 0.717) is 54.5 Å². The van der Waals surface area contributed by atoms with Crippen molar-refractivity contribution in [3.05, 3.63) is 88.5 Å². The zero-order valence-electron chi connectivity index (χ0n) is 25.0. The summed E-state index contributed by atoms with van der Waals surface area (Å²) < 4.78 is 126. The van der Waals surface area contributed by atoms with Crippen molar-refractivity contribution in [1.29, 1.82) is 0 Å². The van der Waals surface area contributed by atoms with E-state index in [1.807, 2.05) is 0 Å². The lowest BCUT2D eigenvalue weighted by atomic mass is 9.69. The average molecular weight is 641 g/mol. The Morgan fingerprint density at radius 1 is 0.689 bits per heavy atom. The quantitative estimate of drug-likeness (QED) is 0.125. The molecule has 3 aromatic carbocycles. The first kappa shape index (κ1) is 33.2. The van der Waals surface area contributed by atoms with Gasteiger partial charge < -0.3 is 9.47 Å². The lowest BCUT2D eigenvalue weighted by Crippen LogP contribution is -2.28. The Bertz CT molecular complexity index is 1430. The fraction of sp³-hybridized carbons (Fsp3) is 0.486. The van der Waals surface area contributed by atoms with Gasteiger partial charge in [0.2, 0.25) is 0 Å². The van der Waals surface area contributed by atoms with Gasteiger partial charge in [0, 0.05) is 18.2 Å². The van der Waals surface area contributed by atoms with Gasteiger partial charge in [0.25, 0.3) is 0 Å². The molecule has 2 nitrogen and oxygen atoms in total. The van der Waals surface area contributed by atoms with Crippen LogP contribution in [0.15, 0.2) is 42.5 Å². The highest BCUT2D eigenvalue weighted by molar-refractivity contribution is 5.65. The predicted octanol–water partition coefficient (Wildman–Crippen LogP) is 11.0. The summed E-state index contributed by atoms with van der Waals surface area (Å²) in [5.74, 6) is -8.89. The average Bonchev–Trinajstić information content (AvgIpc) is 2.99. The van der Waals surface area contributed by atoms with Gasteiger partial charge >= 0.3 is 6.11 Å². The van der Waals surface area contributed by atoms with E-state index in [-0.39, 0.29) is 11.5 Å². The van der Waals surface area contributed by atoms with Crippen LogP contribution in [0.2, 0.25) is 0 Å². The van der Waals surface area contributed by atoms with E-state index < -0.39 is 57.9 Å². The van der Waals surface area contributed by atoms with Gasteiger partial charge in [0.15, 0.2) is 17.5 Å². The smallest absolute Gasteiger partial charge is 0.429 e. The third-order valence-electron chi connectivity index (χ3n) is 9.32. The number of alkyl halides is 2. The molecule has 3 aromatic rings. The molecule has 0 unspecified atom stereocenters. The molecule has 0 heterocycles. The molecule has 10 heteroatoms. The minimum absolute atomic E-state index is 0.162. The summed E-state index contributed by atoms with van der Waals surface area (Å²) in [7, 11) is 0. The molecule has 2 fully saturated rings. The molecule has 0 bridgehead atoms. The topological polar surface area (TPSA) is 18.5 Å². The van der Waals surface area contributed by atoms with E-state index in [4.69, 9.17) is 4.74 Å². The van der Waals surface area contributed by atoms with Gasteiger partial charge in [0.05, 0.1) is 6.10 Å². The van der Waals surface area contributed by atoms with Crippen LogP contribution in [-0.2, 0) is 10.8 Å². The van der Waals surface area contributed by atoms with Crippen molar-refractivity contribution < 1.29 is 44.6 Å². The van der Waals surface area contributed by atoms with E-state index in [9.17, 15) is 17.6 Å². The van der Waals surface area contributed by atoms with Crippen molar-refractivity contribution in [1.82, 2.24) is 0 Å². The molecule has 244 valence electrons. The molecule has 2 saturated carbocycles. The third kappa shape index (κ3) is 7.64. The summed E-state index contributed by atoms with van der Waals surface area (Å²) >= 11 is 0. The number of hydrogen-bond acceptors (Lipinski definition) is 2. The van der Waals surface area contributed by atoms with Crippen LogP contribution in [0.4, 0.5) is 35.1 Å². The van der Waals surface area contributed by atoms with Crippen molar-refractivity contribution in [3.8, 4) is 16.9 Å². The van der Waals surface area contributed by atoms with Crippen molar-refractivity contribution in [2.45, 2.75) is 89.3 Å². The van der Waals surface area contributed by atoms with Crippen molar-refractivity contribution in [2.75, 3.05) is 6.61 Å². The number of hydrogen-bond donors (Lipinski definition) is 0. The highest BCUT2D eigenvalue weighted by Crippen LogP contribution is 2.45. The number of halogens is 8. The van der Waals surface area contributed by atoms with Crippen LogP contribution >= 0.6 is 0 Å². The lowest BCUT2D eigenvalue weighted by molar-refractivity contribution is -0.189. The van der Waals surface area contributed by atoms with E-state index in [2.05, 4.69) is 11.7 Å². The molecule has 0 radical (unpaired) electrons. The Balaban J connectivity index is 1.21. The normalized spacial score (nSPS) is 22.4. The number of benzene rings is 3. The summed E-state index contributed by atoms with van der Waals surface area (Å²) in [4.78, 5) is 0. The maximum absolute atomic E-state index is 15.1. The fourth-order valence-corrected chi connectivity index (χ4v) is 6.85. The summed E-state index contributed by atoms with van der Waals surface area (Å²) in [6.07, 6.45) is 5.52. The molecule has 2 aliphatic carbocycles. The monoisotopic (exact) mass is 640 g/mol. The Kier molecular flexibility index (Phi) is 10.4. The van der Waals surface area contributed by atoms with Gasteiger partial charge in [-0.25, -0.2) is 26.3 Å². The van der Waals surface area contributed by atoms with E-state index >= 15 is 17.6 Å². The molecule has 5 rings (SSSR count). The fourth-order valence-electron chi connectivity index (χ4n) is 6.85. The first-order chi connectivity index (χ1) is 21.5. The number of unbranched alkanes of at least 4 members (excludes halogenated alkanes) is 1. The van der Waals surface area contributed by atoms with Gasteiger partial charge in [-0.2, -0.15) is 8.78 Å². The molecule has 0 atom stereocenters. The van der Waals surface area contributed by atoms with E-state index in [1.165, 1.54) is 0 Å².